The molecule has 0 aromatic carbocycles. The van der Waals surface area contributed by atoms with E-state index in [0.29, 0.717) is 25.8 Å². The molecule has 1 aliphatic rings. The summed E-state index contributed by atoms with van der Waals surface area (Å²) in [6.45, 7) is 5.37. The van der Waals surface area contributed by atoms with E-state index < -0.39 is 0 Å². The number of hydrogen-bond donors (Lipinski definition) is 2. The van der Waals surface area contributed by atoms with Gasteiger partial charge in [0.2, 0.25) is 0 Å². The first-order chi connectivity index (χ1) is 8.15. The van der Waals surface area contributed by atoms with Crippen molar-refractivity contribution in [3.63, 3.8) is 0 Å². The maximum absolute atomic E-state index is 12.0. The first-order valence-corrected chi connectivity index (χ1v) is 6.41. The molecule has 0 aromatic rings. The monoisotopic (exact) mass is 244 g/mol. The number of urea groups is 1. The normalized spacial score (nSPS) is 15.8. The van der Waals surface area contributed by atoms with Gasteiger partial charge in [0.15, 0.2) is 0 Å². The van der Waals surface area contributed by atoms with Crippen molar-refractivity contribution in [2.45, 2.75) is 45.2 Å². The maximum Gasteiger partial charge on any atom is 0.317 e. The Bertz CT molecular complexity index is 230. The van der Waals surface area contributed by atoms with Gasteiger partial charge in [-0.2, -0.15) is 0 Å². The first kappa shape index (κ1) is 14.3. The van der Waals surface area contributed by atoms with Gasteiger partial charge < -0.3 is 20.1 Å². The smallest absolute Gasteiger partial charge is 0.317 e. The Balaban J connectivity index is 2.27. The van der Waals surface area contributed by atoms with Crippen molar-refractivity contribution >= 4 is 6.03 Å². The van der Waals surface area contributed by atoms with Crippen LogP contribution in [-0.4, -0.2) is 54.5 Å². The summed E-state index contributed by atoms with van der Waals surface area (Å²) in [7, 11) is 0. The second-order valence-corrected chi connectivity index (χ2v) is 4.70. The number of carbonyl (C=O) groups is 1. The summed E-state index contributed by atoms with van der Waals surface area (Å²) in [6.07, 6.45) is 3.41. The zero-order valence-corrected chi connectivity index (χ0v) is 10.8. The minimum absolute atomic E-state index is 0.00250. The molecule has 0 saturated heterocycles. The molecular weight excluding hydrogens is 220 g/mol. The van der Waals surface area contributed by atoms with Crippen LogP contribution in [0.25, 0.3) is 0 Å². The molecule has 17 heavy (non-hydrogen) atoms. The fourth-order valence-electron chi connectivity index (χ4n) is 1.73. The molecule has 0 radical (unpaired) electrons. The van der Waals surface area contributed by atoms with Crippen LogP contribution in [0.2, 0.25) is 0 Å². The van der Waals surface area contributed by atoms with Gasteiger partial charge in [0, 0.05) is 18.6 Å². The van der Waals surface area contributed by atoms with Crippen LogP contribution in [0.3, 0.4) is 0 Å². The molecule has 5 nitrogen and oxygen atoms in total. The fourth-order valence-corrected chi connectivity index (χ4v) is 1.73. The van der Waals surface area contributed by atoms with Crippen LogP contribution in [0, 0.1) is 0 Å². The molecule has 0 aromatic heterocycles. The van der Waals surface area contributed by atoms with E-state index in [2.05, 4.69) is 5.32 Å². The molecule has 2 N–H and O–H groups in total. The number of nitrogens with one attached hydrogen (secondary N) is 1. The lowest BCUT2D eigenvalue weighted by Gasteiger charge is -2.32. The van der Waals surface area contributed by atoms with Gasteiger partial charge in [-0.05, 0) is 33.1 Å². The van der Waals surface area contributed by atoms with E-state index in [9.17, 15) is 4.79 Å². The lowest BCUT2D eigenvalue weighted by Crippen LogP contribution is -2.50. The zero-order chi connectivity index (χ0) is 12.7. The predicted molar refractivity (Wildman–Crippen MR) is 65.9 cm³/mol. The van der Waals surface area contributed by atoms with Crippen LogP contribution < -0.4 is 5.32 Å². The summed E-state index contributed by atoms with van der Waals surface area (Å²) in [5.41, 5.74) is 0. The number of aliphatic hydroxyl groups excluding tert-OH is 1. The van der Waals surface area contributed by atoms with Crippen LogP contribution >= 0.6 is 0 Å². The summed E-state index contributed by atoms with van der Waals surface area (Å²) in [6, 6.07) is 0.521. The number of carbonyl (C=O) groups excluding carboxylic acids is 1. The van der Waals surface area contributed by atoms with E-state index in [1.807, 2.05) is 13.8 Å². The van der Waals surface area contributed by atoms with Crippen molar-refractivity contribution in [3.8, 4) is 0 Å². The number of ether oxygens (including phenoxy) is 1. The topological polar surface area (TPSA) is 61.8 Å². The van der Waals surface area contributed by atoms with E-state index in [0.717, 1.165) is 12.8 Å². The van der Waals surface area contributed by atoms with E-state index in [1.165, 1.54) is 6.42 Å². The van der Waals surface area contributed by atoms with Gasteiger partial charge in [0.25, 0.3) is 0 Å². The SMILES string of the molecule is CC(C)N(CCOCCO)C(=O)NC1CCC1. The number of aliphatic hydroxyl groups is 1. The summed E-state index contributed by atoms with van der Waals surface area (Å²) >= 11 is 0. The quantitative estimate of drug-likeness (QED) is 0.656. The Morgan fingerprint density at radius 1 is 1.47 bits per heavy atom. The molecular formula is C12H24N2O3. The van der Waals surface area contributed by atoms with Crippen LogP contribution in [-0.2, 0) is 4.74 Å². The van der Waals surface area contributed by atoms with E-state index in [1.54, 1.807) is 4.90 Å². The summed E-state index contributed by atoms with van der Waals surface area (Å²) < 4.78 is 5.19. The van der Waals surface area contributed by atoms with E-state index >= 15 is 0 Å². The van der Waals surface area contributed by atoms with Crippen molar-refractivity contribution in [1.82, 2.24) is 10.2 Å². The molecule has 0 spiro atoms. The van der Waals surface area contributed by atoms with Gasteiger partial charge in [-0.1, -0.05) is 0 Å². The Labute approximate surface area is 103 Å². The number of nitrogens with zero attached hydrogens (tertiary/aromatic N) is 1. The minimum Gasteiger partial charge on any atom is -0.394 e. The molecule has 1 aliphatic carbocycles. The average Bonchev–Trinajstić information content (AvgIpc) is 2.22. The molecule has 0 unspecified atom stereocenters. The standard InChI is InChI=1S/C12H24N2O3/c1-10(2)14(6-8-17-9-7-15)12(16)13-11-4-3-5-11/h10-11,15H,3-9H2,1-2H3,(H,13,16). The molecule has 2 amide bonds. The Kier molecular flexibility index (Phi) is 6.29. The minimum atomic E-state index is -0.00250. The zero-order valence-electron chi connectivity index (χ0n) is 10.8. The molecule has 0 bridgehead atoms. The van der Waals surface area contributed by atoms with E-state index in [-0.39, 0.29) is 18.7 Å². The van der Waals surface area contributed by atoms with Crippen LogP contribution in [0.1, 0.15) is 33.1 Å². The molecule has 5 heteroatoms. The van der Waals surface area contributed by atoms with Gasteiger partial charge in [-0.3, -0.25) is 0 Å². The number of rotatable bonds is 7. The van der Waals surface area contributed by atoms with Crippen LogP contribution in [0.4, 0.5) is 4.79 Å². The largest absolute Gasteiger partial charge is 0.394 e. The second-order valence-electron chi connectivity index (χ2n) is 4.70. The lowest BCUT2D eigenvalue weighted by atomic mass is 9.93. The maximum atomic E-state index is 12.0. The van der Waals surface area contributed by atoms with Crippen LogP contribution in [0.15, 0.2) is 0 Å². The summed E-state index contributed by atoms with van der Waals surface area (Å²) in [5.74, 6) is 0. The highest BCUT2D eigenvalue weighted by Crippen LogP contribution is 2.18. The number of amides is 2. The van der Waals surface area contributed by atoms with Crippen molar-refractivity contribution in [2.75, 3.05) is 26.4 Å². The predicted octanol–water partition coefficient (Wildman–Crippen LogP) is 0.968. The first-order valence-electron chi connectivity index (χ1n) is 6.41. The van der Waals surface area contributed by atoms with Crippen molar-refractivity contribution in [2.24, 2.45) is 0 Å². The average molecular weight is 244 g/mol. The highest BCUT2D eigenvalue weighted by atomic mass is 16.5. The molecule has 1 fully saturated rings. The lowest BCUT2D eigenvalue weighted by molar-refractivity contribution is 0.0731. The molecule has 0 atom stereocenters. The number of hydrogen-bond acceptors (Lipinski definition) is 3. The summed E-state index contributed by atoms with van der Waals surface area (Å²) in [5, 5.41) is 11.6. The van der Waals surface area contributed by atoms with E-state index in [4.69, 9.17) is 9.84 Å². The molecule has 0 aliphatic heterocycles. The van der Waals surface area contributed by atoms with Crippen molar-refractivity contribution in [3.05, 3.63) is 0 Å². The van der Waals surface area contributed by atoms with Crippen molar-refractivity contribution in [1.29, 1.82) is 0 Å². The molecule has 1 saturated carbocycles. The fraction of sp³-hybridized carbons (Fsp3) is 0.917. The molecule has 0 heterocycles. The highest BCUT2D eigenvalue weighted by Gasteiger charge is 2.23. The second kappa shape index (κ2) is 7.50. The highest BCUT2D eigenvalue weighted by molar-refractivity contribution is 5.74. The van der Waals surface area contributed by atoms with Gasteiger partial charge in [0.1, 0.15) is 0 Å². The Hall–Kier alpha value is -0.810. The summed E-state index contributed by atoms with van der Waals surface area (Å²) in [4.78, 5) is 13.7. The van der Waals surface area contributed by atoms with Gasteiger partial charge in [0.05, 0.1) is 19.8 Å². The third-order valence-electron chi connectivity index (χ3n) is 3.03. The molecule has 100 valence electrons. The van der Waals surface area contributed by atoms with Gasteiger partial charge in [-0.25, -0.2) is 4.79 Å². The Morgan fingerprint density at radius 2 is 2.18 bits per heavy atom. The van der Waals surface area contributed by atoms with Gasteiger partial charge in [-0.15, -0.1) is 0 Å². The van der Waals surface area contributed by atoms with Crippen LogP contribution in [0.5, 0.6) is 0 Å². The van der Waals surface area contributed by atoms with Crippen molar-refractivity contribution < 1.29 is 14.6 Å². The van der Waals surface area contributed by atoms with Gasteiger partial charge >= 0.3 is 6.03 Å². The Morgan fingerprint density at radius 3 is 2.65 bits per heavy atom. The molecule has 1 rings (SSSR count). The third-order valence-corrected chi connectivity index (χ3v) is 3.03. The third kappa shape index (κ3) is 4.91.